The number of thioether (sulfide) groups is 1. The molecule has 0 saturated heterocycles. The van der Waals surface area contributed by atoms with Gasteiger partial charge in [-0.1, -0.05) is 18.2 Å². The molecule has 5 heteroatoms. The number of aromatic carboxylic acids is 1. The summed E-state index contributed by atoms with van der Waals surface area (Å²) < 4.78 is 13.4. The van der Waals surface area contributed by atoms with Crippen LogP contribution in [0.4, 0.5) is 4.39 Å². The molecule has 0 saturated carbocycles. The molecule has 2 aromatic rings. The van der Waals surface area contributed by atoms with Gasteiger partial charge < -0.3 is 5.11 Å². The molecule has 0 unspecified atom stereocenters. The van der Waals surface area contributed by atoms with Crippen LogP contribution in [0.3, 0.4) is 0 Å². The van der Waals surface area contributed by atoms with E-state index >= 15 is 0 Å². The Balaban J connectivity index is 2.02. The van der Waals surface area contributed by atoms with E-state index in [1.807, 2.05) is 0 Å². The zero-order valence-electron chi connectivity index (χ0n) is 9.34. The quantitative estimate of drug-likeness (QED) is 0.860. The summed E-state index contributed by atoms with van der Waals surface area (Å²) in [5, 5.41) is 9.39. The Morgan fingerprint density at radius 3 is 2.67 bits per heavy atom. The molecule has 2 rings (SSSR count). The Labute approximate surface area is 108 Å². The highest BCUT2D eigenvalue weighted by molar-refractivity contribution is 7.98. The van der Waals surface area contributed by atoms with E-state index in [4.69, 9.17) is 5.11 Å². The number of carboxylic acids is 1. The maximum atomic E-state index is 13.4. The number of nitrogens with zero attached hydrogens (tertiary/aromatic N) is 1. The van der Waals surface area contributed by atoms with Crippen molar-refractivity contribution in [2.24, 2.45) is 0 Å². The Morgan fingerprint density at radius 1 is 1.28 bits per heavy atom. The summed E-state index contributed by atoms with van der Waals surface area (Å²) in [6, 6.07) is 9.65. The fraction of sp³-hybridized carbons (Fsp3) is 0.0769. The van der Waals surface area contributed by atoms with Gasteiger partial charge in [-0.25, -0.2) is 14.2 Å². The van der Waals surface area contributed by atoms with Gasteiger partial charge in [0.05, 0.1) is 10.6 Å². The summed E-state index contributed by atoms with van der Waals surface area (Å²) in [7, 11) is 0. The first-order chi connectivity index (χ1) is 8.66. The van der Waals surface area contributed by atoms with Crippen LogP contribution < -0.4 is 0 Å². The minimum atomic E-state index is -1.01. The van der Waals surface area contributed by atoms with Gasteiger partial charge in [-0.2, -0.15) is 0 Å². The maximum absolute atomic E-state index is 13.4. The molecule has 0 fully saturated rings. The molecule has 1 heterocycles. The molecule has 0 aliphatic rings. The minimum absolute atomic E-state index is 0.144. The molecule has 0 spiro atoms. The van der Waals surface area contributed by atoms with E-state index in [0.717, 1.165) is 0 Å². The van der Waals surface area contributed by atoms with E-state index in [-0.39, 0.29) is 11.4 Å². The molecule has 0 atom stereocenters. The van der Waals surface area contributed by atoms with Crippen molar-refractivity contribution >= 4 is 17.7 Å². The van der Waals surface area contributed by atoms with Crippen molar-refractivity contribution in [1.82, 2.24) is 4.98 Å². The van der Waals surface area contributed by atoms with E-state index < -0.39 is 5.97 Å². The summed E-state index contributed by atoms with van der Waals surface area (Å²) in [6.45, 7) is 0. The lowest BCUT2D eigenvalue weighted by molar-refractivity contribution is 0.0696. The highest BCUT2D eigenvalue weighted by atomic mass is 32.2. The number of rotatable bonds is 4. The van der Waals surface area contributed by atoms with Crippen LogP contribution in [0.1, 0.15) is 15.9 Å². The largest absolute Gasteiger partial charge is 0.478 e. The van der Waals surface area contributed by atoms with Gasteiger partial charge in [0.1, 0.15) is 5.82 Å². The molecule has 3 nitrogen and oxygen atoms in total. The van der Waals surface area contributed by atoms with Crippen molar-refractivity contribution in [3.05, 3.63) is 59.5 Å². The van der Waals surface area contributed by atoms with Gasteiger partial charge in [-0.05, 0) is 23.8 Å². The van der Waals surface area contributed by atoms with Crippen molar-refractivity contribution < 1.29 is 14.3 Å². The molecule has 92 valence electrons. The molecule has 0 amide bonds. The van der Waals surface area contributed by atoms with Gasteiger partial charge in [-0.3, -0.25) is 0 Å². The van der Waals surface area contributed by atoms with Crippen LogP contribution in [0.5, 0.6) is 0 Å². The van der Waals surface area contributed by atoms with Crippen molar-refractivity contribution in [2.45, 2.75) is 10.8 Å². The lowest BCUT2D eigenvalue weighted by Gasteiger charge is -2.02. The zero-order valence-corrected chi connectivity index (χ0v) is 10.2. The summed E-state index contributed by atoms with van der Waals surface area (Å²) in [6.07, 6.45) is 1.30. The number of carboxylic acid groups (broad SMARTS) is 1. The monoisotopic (exact) mass is 263 g/mol. The third kappa shape index (κ3) is 3.07. The Hall–Kier alpha value is -1.88. The molecule has 0 radical (unpaired) electrons. The predicted molar refractivity (Wildman–Crippen MR) is 67.2 cm³/mol. The van der Waals surface area contributed by atoms with Gasteiger partial charge in [0, 0.05) is 11.9 Å². The molecule has 0 aliphatic carbocycles. The molecule has 1 aromatic heterocycles. The van der Waals surface area contributed by atoms with Crippen LogP contribution in [0.15, 0.2) is 47.6 Å². The number of benzene rings is 1. The second kappa shape index (κ2) is 5.64. The van der Waals surface area contributed by atoms with E-state index in [1.54, 1.807) is 24.3 Å². The van der Waals surface area contributed by atoms with Gasteiger partial charge in [0.25, 0.3) is 0 Å². The van der Waals surface area contributed by atoms with Gasteiger partial charge in [-0.15, -0.1) is 11.8 Å². The molecule has 0 aliphatic heterocycles. The van der Waals surface area contributed by atoms with Crippen LogP contribution in [-0.2, 0) is 5.75 Å². The van der Waals surface area contributed by atoms with E-state index in [1.165, 1.54) is 30.1 Å². The molecule has 1 N–H and O–H groups in total. The average Bonchev–Trinajstić information content (AvgIpc) is 2.38. The maximum Gasteiger partial charge on any atom is 0.337 e. The molecule has 18 heavy (non-hydrogen) atoms. The fourth-order valence-corrected chi connectivity index (χ4v) is 2.19. The Bertz CT molecular complexity index is 557. The zero-order chi connectivity index (χ0) is 13.0. The average molecular weight is 263 g/mol. The topological polar surface area (TPSA) is 50.2 Å². The summed E-state index contributed by atoms with van der Waals surface area (Å²) in [5.41, 5.74) is 0.747. The minimum Gasteiger partial charge on any atom is -0.478 e. The number of hydrogen-bond acceptors (Lipinski definition) is 3. The van der Waals surface area contributed by atoms with Crippen molar-refractivity contribution in [3.63, 3.8) is 0 Å². The SMILES string of the molecule is O=C(O)c1ccc(SCc2ccccc2F)nc1. The van der Waals surface area contributed by atoms with Crippen LogP contribution in [-0.4, -0.2) is 16.1 Å². The van der Waals surface area contributed by atoms with Crippen LogP contribution in [0, 0.1) is 5.82 Å². The lowest BCUT2D eigenvalue weighted by atomic mass is 10.2. The normalized spacial score (nSPS) is 10.3. The van der Waals surface area contributed by atoms with Crippen LogP contribution in [0.25, 0.3) is 0 Å². The number of aromatic nitrogens is 1. The standard InChI is InChI=1S/C13H10FNO2S/c14-11-4-2-1-3-10(11)8-18-12-6-5-9(7-15-12)13(16)17/h1-7H,8H2,(H,16,17). The fourth-order valence-electron chi connectivity index (χ4n) is 1.36. The molecule has 1 aromatic carbocycles. The summed E-state index contributed by atoms with van der Waals surface area (Å²) in [4.78, 5) is 14.6. The van der Waals surface area contributed by atoms with E-state index in [2.05, 4.69) is 4.98 Å². The number of carbonyl (C=O) groups is 1. The van der Waals surface area contributed by atoms with Crippen molar-refractivity contribution in [1.29, 1.82) is 0 Å². The van der Waals surface area contributed by atoms with Gasteiger partial charge >= 0.3 is 5.97 Å². The second-order valence-electron chi connectivity index (χ2n) is 3.57. The highest BCUT2D eigenvalue weighted by Crippen LogP contribution is 2.22. The summed E-state index contributed by atoms with van der Waals surface area (Å²) in [5.74, 6) is -0.785. The van der Waals surface area contributed by atoms with E-state index in [9.17, 15) is 9.18 Å². The van der Waals surface area contributed by atoms with Gasteiger partial charge in [0.15, 0.2) is 0 Å². The first-order valence-electron chi connectivity index (χ1n) is 5.22. The number of hydrogen-bond donors (Lipinski definition) is 1. The smallest absolute Gasteiger partial charge is 0.337 e. The first kappa shape index (κ1) is 12.6. The number of halogens is 1. The van der Waals surface area contributed by atoms with E-state index in [0.29, 0.717) is 16.3 Å². The van der Waals surface area contributed by atoms with Gasteiger partial charge in [0.2, 0.25) is 0 Å². The molecular formula is C13H10FNO2S. The number of pyridine rings is 1. The highest BCUT2D eigenvalue weighted by Gasteiger charge is 2.05. The second-order valence-corrected chi connectivity index (χ2v) is 4.57. The van der Waals surface area contributed by atoms with Crippen LogP contribution >= 0.6 is 11.8 Å². The third-order valence-corrected chi connectivity index (χ3v) is 3.31. The Kier molecular flexibility index (Phi) is 3.94. The predicted octanol–water partition coefficient (Wildman–Crippen LogP) is 3.21. The summed E-state index contributed by atoms with van der Waals surface area (Å²) >= 11 is 1.36. The first-order valence-corrected chi connectivity index (χ1v) is 6.21. The molecular weight excluding hydrogens is 253 g/mol. The van der Waals surface area contributed by atoms with Crippen molar-refractivity contribution in [2.75, 3.05) is 0 Å². The van der Waals surface area contributed by atoms with Crippen molar-refractivity contribution in [3.8, 4) is 0 Å². The van der Waals surface area contributed by atoms with Crippen LogP contribution in [0.2, 0.25) is 0 Å². The molecule has 0 bridgehead atoms. The third-order valence-electron chi connectivity index (χ3n) is 2.32. The Morgan fingerprint density at radius 2 is 2.06 bits per heavy atom. The lowest BCUT2D eigenvalue weighted by Crippen LogP contribution is -1.96.